The van der Waals surface area contributed by atoms with Crippen LogP contribution in [-0.4, -0.2) is 64.9 Å². The lowest BCUT2D eigenvalue weighted by molar-refractivity contribution is 0.105. The van der Waals surface area contributed by atoms with Crippen molar-refractivity contribution in [2.45, 2.75) is 65.8 Å². The first-order valence-corrected chi connectivity index (χ1v) is 15.1. The van der Waals surface area contributed by atoms with E-state index in [9.17, 15) is 9.18 Å². The molecule has 2 aromatic heterocycles. The van der Waals surface area contributed by atoms with Gasteiger partial charge in [-0.25, -0.2) is 9.37 Å². The van der Waals surface area contributed by atoms with Crippen molar-refractivity contribution >= 4 is 11.4 Å². The quantitative estimate of drug-likeness (QED) is 0.146. The molecule has 0 amide bonds. The average Bonchev–Trinajstić information content (AvgIpc) is 3.71. The van der Waals surface area contributed by atoms with Crippen LogP contribution in [-0.2, 0) is 4.74 Å². The number of ether oxygens (including phenoxy) is 2. The molecule has 2 aliphatic heterocycles. The van der Waals surface area contributed by atoms with Crippen molar-refractivity contribution in [3.63, 3.8) is 0 Å². The summed E-state index contributed by atoms with van der Waals surface area (Å²) in [5.41, 5.74) is 7.19. The van der Waals surface area contributed by atoms with Crippen LogP contribution >= 0.6 is 0 Å². The smallest absolute Gasteiger partial charge is 0.269 e. The van der Waals surface area contributed by atoms with Gasteiger partial charge in [-0.15, -0.1) is 0 Å². The fourth-order valence-corrected chi connectivity index (χ4v) is 5.88. The summed E-state index contributed by atoms with van der Waals surface area (Å²) in [4.78, 5) is 19.3. The molecular weight excluding hydrogens is 557 g/mol. The van der Waals surface area contributed by atoms with E-state index in [0.29, 0.717) is 30.6 Å². The van der Waals surface area contributed by atoms with Crippen molar-refractivity contribution in [2.75, 3.05) is 33.4 Å². The van der Waals surface area contributed by atoms with Crippen molar-refractivity contribution in [3.8, 4) is 17.8 Å². The molecule has 4 heterocycles. The van der Waals surface area contributed by atoms with Gasteiger partial charge >= 0.3 is 0 Å². The zero-order chi connectivity index (χ0) is 31.8. The van der Waals surface area contributed by atoms with E-state index >= 15 is 0 Å². The Kier molecular flexibility index (Phi) is 11.2. The number of rotatable bonds is 12. The summed E-state index contributed by atoms with van der Waals surface area (Å²) in [6.07, 6.45) is 9.84. The second-order valence-corrected chi connectivity index (χ2v) is 11.4. The highest BCUT2D eigenvalue weighted by Gasteiger charge is 2.28. The van der Waals surface area contributed by atoms with Crippen LogP contribution in [0.5, 0.6) is 5.88 Å². The SMILES string of the molecule is C=C(F)C1=C(/C=C(\C)CCC(=C(C)C)/C(=C\CC)c2cccc(-n3ncc(C(=O)C#N)c3OC)n2)CCN([C@H]2CCOC2)C1. The Balaban J connectivity index is 1.58. The predicted molar refractivity (Wildman–Crippen MR) is 170 cm³/mol. The summed E-state index contributed by atoms with van der Waals surface area (Å²) in [5.74, 6) is -0.435. The van der Waals surface area contributed by atoms with E-state index in [1.807, 2.05) is 12.1 Å². The van der Waals surface area contributed by atoms with Crippen molar-refractivity contribution in [1.29, 1.82) is 5.26 Å². The minimum Gasteiger partial charge on any atom is -0.480 e. The Labute approximate surface area is 259 Å². The first-order chi connectivity index (χ1) is 21.2. The largest absolute Gasteiger partial charge is 0.480 e. The summed E-state index contributed by atoms with van der Waals surface area (Å²) in [6.45, 7) is 15.0. The van der Waals surface area contributed by atoms with Gasteiger partial charge in [-0.2, -0.15) is 15.0 Å². The van der Waals surface area contributed by atoms with Gasteiger partial charge in [0, 0.05) is 31.3 Å². The van der Waals surface area contributed by atoms with E-state index in [-0.39, 0.29) is 17.3 Å². The van der Waals surface area contributed by atoms with Crippen LogP contribution in [0.4, 0.5) is 4.39 Å². The van der Waals surface area contributed by atoms with E-state index in [1.165, 1.54) is 34.7 Å². The third kappa shape index (κ3) is 7.50. The van der Waals surface area contributed by atoms with Crippen LogP contribution in [0.1, 0.15) is 75.9 Å². The van der Waals surface area contributed by atoms with Gasteiger partial charge in [-0.05, 0) is 81.7 Å². The Morgan fingerprint density at radius 3 is 2.73 bits per heavy atom. The number of Topliss-reactive ketones (excluding diaryl/α,β-unsaturated/α-hetero) is 1. The normalized spacial score (nSPS) is 17.9. The molecule has 1 atom stereocenters. The second-order valence-electron chi connectivity index (χ2n) is 11.4. The van der Waals surface area contributed by atoms with Gasteiger partial charge in [0.25, 0.3) is 5.78 Å². The minimum absolute atomic E-state index is 0.0895. The van der Waals surface area contributed by atoms with Crippen LogP contribution in [0.25, 0.3) is 11.4 Å². The topological polar surface area (TPSA) is 93.3 Å². The van der Waals surface area contributed by atoms with Gasteiger partial charge in [0.1, 0.15) is 17.5 Å². The number of aromatic nitrogens is 3. The summed E-state index contributed by atoms with van der Waals surface area (Å²) in [6, 6.07) is 7.61. The molecule has 1 saturated heterocycles. The third-order valence-electron chi connectivity index (χ3n) is 8.19. The minimum atomic E-state index is -0.723. The molecule has 2 aliphatic rings. The van der Waals surface area contributed by atoms with Crippen LogP contribution in [0.3, 0.4) is 0 Å². The number of hydrogen-bond donors (Lipinski definition) is 0. The van der Waals surface area contributed by atoms with Gasteiger partial charge in [0.2, 0.25) is 5.88 Å². The standard InChI is InChI=1S/C35H42FN5O3/c1-7-9-29(32-10-8-11-34(39-32)41-35(43-6)30(20-38-41)33(42)19-37)28(23(2)3)13-12-24(4)18-26-14-16-40(21-31(26)25(5)36)27-15-17-44-22-27/h8-11,18,20,27H,5,7,12-17,21-22H2,1-4,6H3/b24-18+,29-9+/t27-/m0/s1. The molecule has 9 heteroatoms. The Morgan fingerprint density at radius 2 is 2.09 bits per heavy atom. The van der Waals surface area contributed by atoms with Crippen molar-refractivity contribution in [2.24, 2.45) is 0 Å². The van der Waals surface area contributed by atoms with E-state index in [1.54, 1.807) is 12.1 Å². The Bertz CT molecular complexity index is 1560. The summed E-state index contributed by atoms with van der Waals surface area (Å²) in [7, 11) is 1.43. The van der Waals surface area contributed by atoms with Crippen LogP contribution in [0, 0.1) is 11.3 Å². The van der Waals surface area contributed by atoms with Gasteiger partial charge in [-0.1, -0.05) is 42.9 Å². The number of allylic oxidation sites excluding steroid dienone is 6. The number of halogens is 1. The number of methoxy groups -OCH3 is 1. The lowest BCUT2D eigenvalue weighted by atomic mass is 9.90. The maximum absolute atomic E-state index is 14.6. The van der Waals surface area contributed by atoms with Gasteiger partial charge in [0.05, 0.1) is 25.6 Å². The predicted octanol–water partition coefficient (Wildman–Crippen LogP) is 7.11. The van der Waals surface area contributed by atoms with Gasteiger partial charge < -0.3 is 9.47 Å². The first kappa shape index (κ1) is 32.8. The molecule has 0 unspecified atom stereocenters. The van der Waals surface area contributed by atoms with Gasteiger partial charge in [-0.3, -0.25) is 9.69 Å². The van der Waals surface area contributed by atoms with Crippen molar-refractivity contribution in [1.82, 2.24) is 19.7 Å². The molecule has 8 nitrogen and oxygen atoms in total. The van der Waals surface area contributed by atoms with E-state index in [2.05, 4.69) is 56.4 Å². The first-order valence-electron chi connectivity index (χ1n) is 15.1. The molecular formula is C35H42FN5O3. The Morgan fingerprint density at radius 1 is 1.30 bits per heavy atom. The van der Waals surface area contributed by atoms with Crippen LogP contribution in [0.15, 0.2) is 76.8 Å². The van der Waals surface area contributed by atoms with Crippen molar-refractivity contribution < 1.29 is 18.7 Å². The molecule has 4 rings (SSSR count). The Hall–Kier alpha value is -4.13. The third-order valence-corrected chi connectivity index (χ3v) is 8.19. The highest BCUT2D eigenvalue weighted by atomic mass is 19.1. The molecule has 0 aromatic carbocycles. The molecule has 44 heavy (non-hydrogen) atoms. The number of carbonyl (C=O) groups is 1. The zero-order valence-corrected chi connectivity index (χ0v) is 26.5. The molecule has 1 fully saturated rings. The molecule has 0 bridgehead atoms. The van der Waals surface area contributed by atoms with Crippen molar-refractivity contribution in [3.05, 3.63) is 88.1 Å². The molecule has 0 spiro atoms. The number of nitriles is 1. The molecule has 232 valence electrons. The van der Waals surface area contributed by atoms with Crippen LogP contribution < -0.4 is 4.74 Å². The molecule has 0 N–H and O–H groups in total. The van der Waals surface area contributed by atoms with E-state index < -0.39 is 5.78 Å². The summed E-state index contributed by atoms with van der Waals surface area (Å²) >= 11 is 0. The second kappa shape index (κ2) is 15.0. The monoisotopic (exact) mass is 599 g/mol. The average molecular weight is 600 g/mol. The van der Waals surface area contributed by atoms with Crippen LogP contribution in [0.2, 0.25) is 0 Å². The van der Waals surface area contributed by atoms with E-state index in [0.717, 1.165) is 62.1 Å². The maximum atomic E-state index is 14.6. The lowest BCUT2D eigenvalue weighted by Gasteiger charge is -2.33. The van der Waals surface area contributed by atoms with Gasteiger partial charge in [0.15, 0.2) is 5.82 Å². The highest BCUT2D eigenvalue weighted by molar-refractivity contribution is 6.09. The summed E-state index contributed by atoms with van der Waals surface area (Å²) < 4.78 is 27.0. The highest BCUT2D eigenvalue weighted by Crippen LogP contribution is 2.33. The summed E-state index contributed by atoms with van der Waals surface area (Å²) in [5, 5.41) is 13.4. The fourth-order valence-electron chi connectivity index (χ4n) is 5.88. The van der Waals surface area contributed by atoms with E-state index in [4.69, 9.17) is 19.7 Å². The fraction of sp³-hybridized carbons (Fsp3) is 0.429. The molecule has 2 aromatic rings. The molecule has 0 aliphatic carbocycles. The maximum Gasteiger partial charge on any atom is 0.269 e. The number of ketones is 1. The number of carbonyl (C=O) groups excluding carboxylic acids is 1. The lowest BCUT2D eigenvalue weighted by Crippen LogP contribution is -2.40. The zero-order valence-electron chi connectivity index (χ0n) is 26.5. The molecule has 0 saturated carbocycles. The number of nitrogens with zero attached hydrogens (tertiary/aromatic N) is 5. The molecule has 0 radical (unpaired) electrons. The number of hydrogen-bond acceptors (Lipinski definition) is 7. The number of pyridine rings is 1.